The van der Waals surface area contributed by atoms with Gasteiger partial charge >= 0.3 is 0 Å². The van der Waals surface area contributed by atoms with E-state index < -0.39 is 0 Å². The van der Waals surface area contributed by atoms with Gasteiger partial charge in [-0.05, 0) is 37.8 Å². The van der Waals surface area contributed by atoms with Crippen LogP contribution in [0.5, 0.6) is 0 Å². The van der Waals surface area contributed by atoms with Gasteiger partial charge in [-0.25, -0.2) is 0 Å². The fourth-order valence-electron chi connectivity index (χ4n) is 4.40. The third kappa shape index (κ3) is 3.39. The number of amides is 1. The first kappa shape index (κ1) is 17.6. The molecule has 0 bridgehead atoms. The van der Waals surface area contributed by atoms with Crippen molar-refractivity contribution in [3.05, 3.63) is 46.7 Å². The lowest BCUT2D eigenvalue weighted by Crippen LogP contribution is -2.54. The molecule has 2 aliphatic rings. The molecule has 2 fully saturated rings. The monoisotopic (exact) mass is 372 g/mol. The van der Waals surface area contributed by atoms with E-state index in [1.807, 2.05) is 18.8 Å². The molecular weight excluding hydrogens is 348 g/mol. The van der Waals surface area contributed by atoms with Crippen LogP contribution in [0.15, 0.2) is 36.2 Å². The van der Waals surface area contributed by atoms with E-state index >= 15 is 0 Å². The van der Waals surface area contributed by atoms with Crippen molar-refractivity contribution in [2.45, 2.75) is 49.9 Å². The summed E-state index contributed by atoms with van der Waals surface area (Å²) in [5.41, 5.74) is 2.41. The number of rotatable bonds is 5. The van der Waals surface area contributed by atoms with Gasteiger partial charge in [0.25, 0.3) is 5.91 Å². The van der Waals surface area contributed by atoms with Crippen LogP contribution in [-0.4, -0.2) is 52.1 Å². The van der Waals surface area contributed by atoms with Gasteiger partial charge in [0, 0.05) is 55.8 Å². The average Bonchev–Trinajstić information content (AvgIpc) is 3.32. The van der Waals surface area contributed by atoms with Gasteiger partial charge in [0.1, 0.15) is 0 Å². The molecular formula is C19H24N4O2S. The molecule has 1 saturated carbocycles. The fourth-order valence-corrected chi connectivity index (χ4v) is 5.02. The molecule has 26 heavy (non-hydrogen) atoms. The van der Waals surface area contributed by atoms with Crippen LogP contribution >= 0.6 is 11.3 Å². The summed E-state index contributed by atoms with van der Waals surface area (Å²) in [6, 6.07) is 4.08. The minimum absolute atomic E-state index is 0.0416. The molecule has 6 nitrogen and oxygen atoms in total. The smallest absolute Gasteiger partial charge is 0.253 e. The fraction of sp³-hybridized carbons (Fsp3) is 0.526. The van der Waals surface area contributed by atoms with Crippen LogP contribution in [0.2, 0.25) is 0 Å². The first-order valence-corrected chi connectivity index (χ1v) is 9.95. The van der Waals surface area contributed by atoms with Gasteiger partial charge in [0.2, 0.25) is 0 Å². The zero-order valence-electron chi connectivity index (χ0n) is 14.9. The second-order valence-electron chi connectivity index (χ2n) is 7.16. The van der Waals surface area contributed by atoms with Gasteiger partial charge in [-0.2, -0.15) is 0 Å². The Morgan fingerprint density at radius 3 is 3.08 bits per heavy atom. The lowest BCUT2D eigenvalue weighted by Gasteiger charge is -2.44. The maximum atomic E-state index is 12.5. The van der Waals surface area contributed by atoms with Crippen LogP contribution in [0.25, 0.3) is 0 Å². The normalized spacial score (nSPS) is 28.7. The lowest BCUT2D eigenvalue weighted by atomic mass is 9.78. The van der Waals surface area contributed by atoms with Gasteiger partial charge in [-0.3, -0.25) is 19.7 Å². The highest BCUT2D eigenvalue weighted by atomic mass is 32.1. The predicted octanol–water partition coefficient (Wildman–Crippen LogP) is 2.48. The van der Waals surface area contributed by atoms with Crippen molar-refractivity contribution in [1.82, 2.24) is 20.2 Å². The largest absolute Gasteiger partial charge is 0.377 e. The Labute approximate surface area is 157 Å². The van der Waals surface area contributed by atoms with E-state index in [9.17, 15) is 4.79 Å². The summed E-state index contributed by atoms with van der Waals surface area (Å²) in [5, 5.41) is 3.20. The summed E-state index contributed by atoms with van der Waals surface area (Å²) >= 11 is 1.69. The first-order chi connectivity index (χ1) is 12.7. The first-order valence-electron chi connectivity index (χ1n) is 9.08. The molecule has 0 spiro atoms. The number of carbonyl (C=O) groups excluding carboxylic acids is 1. The molecule has 2 aromatic rings. The van der Waals surface area contributed by atoms with Crippen LogP contribution in [0.1, 0.15) is 40.9 Å². The minimum atomic E-state index is -0.0831. The van der Waals surface area contributed by atoms with Gasteiger partial charge in [0.05, 0.1) is 16.7 Å². The standard InChI is InChI=1S/C19H24N4O2S/c1-25-19-5-4-15(22-18(24)14-3-2-7-20-10-14)9-17(19)23(8-6-19)12-16-11-21-13-26-16/h2-3,7,10-11,13,15,17H,4-6,8-9,12H2,1H3,(H,22,24)/t15-,17+,19-/m1/s1. The van der Waals surface area contributed by atoms with Crippen molar-refractivity contribution in [3.63, 3.8) is 0 Å². The molecule has 1 N–H and O–H groups in total. The highest BCUT2D eigenvalue weighted by Crippen LogP contribution is 2.43. The number of likely N-dealkylation sites (tertiary alicyclic amines) is 1. The molecule has 1 saturated heterocycles. The number of carbonyl (C=O) groups is 1. The number of nitrogens with one attached hydrogen (secondary N) is 1. The predicted molar refractivity (Wildman–Crippen MR) is 100 cm³/mol. The Morgan fingerprint density at radius 2 is 2.35 bits per heavy atom. The Morgan fingerprint density at radius 1 is 1.42 bits per heavy atom. The van der Waals surface area contributed by atoms with Crippen molar-refractivity contribution in [2.24, 2.45) is 0 Å². The average molecular weight is 372 g/mol. The SMILES string of the molecule is CO[C@@]12CC[C@@H](NC(=O)c3cccnc3)C[C@@H]1N(Cc1cncs1)CC2. The summed E-state index contributed by atoms with van der Waals surface area (Å²) in [6.45, 7) is 1.93. The summed E-state index contributed by atoms with van der Waals surface area (Å²) in [7, 11) is 1.83. The molecule has 3 atom stereocenters. The second kappa shape index (κ2) is 7.42. The molecule has 2 aromatic heterocycles. The summed E-state index contributed by atoms with van der Waals surface area (Å²) < 4.78 is 6.01. The van der Waals surface area contributed by atoms with Crippen LogP contribution in [0, 0.1) is 0 Å². The van der Waals surface area contributed by atoms with Crippen molar-refractivity contribution in [1.29, 1.82) is 0 Å². The van der Waals surface area contributed by atoms with Gasteiger partial charge in [0.15, 0.2) is 0 Å². The minimum Gasteiger partial charge on any atom is -0.377 e. The quantitative estimate of drug-likeness (QED) is 0.873. The summed E-state index contributed by atoms with van der Waals surface area (Å²) in [4.78, 5) is 24.5. The number of fused-ring (bicyclic) bond motifs is 1. The molecule has 138 valence electrons. The maximum absolute atomic E-state index is 12.5. The third-order valence-corrected chi connectivity index (χ3v) is 6.57. The molecule has 0 unspecified atom stereocenters. The van der Waals surface area contributed by atoms with E-state index in [0.717, 1.165) is 38.8 Å². The molecule has 0 radical (unpaired) electrons. The number of aromatic nitrogens is 2. The van der Waals surface area contributed by atoms with Crippen molar-refractivity contribution in [3.8, 4) is 0 Å². The Hall–Kier alpha value is -1.83. The topological polar surface area (TPSA) is 67.3 Å². The van der Waals surface area contributed by atoms with Gasteiger partial charge in [-0.15, -0.1) is 11.3 Å². The van der Waals surface area contributed by atoms with Crippen LogP contribution < -0.4 is 5.32 Å². The number of pyridine rings is 1. The van der Waals surface area contributed by atoms with Gasteiger partial charge < -0.3 is 10.1 Å². The Bertz CT molecular complexity index is 739. The number of methoxy groups -OCH3 is 1. The lowest BCUT2D eigenvalue weighted by molar-refractivity contribution is -0.0676. The highest BCUT2D eigenvalue weighted by molar-refractivity contribution is 7.09. The number of thiazole rings is 1. The maximum Gasteiger partial charge on any atom is 0.253 e. The zero-order valence-corrected chi connectivity index (χ0v) is 15.7. The number of ether oxygens (including phenoxy) is 1. The number of nitrogens with zero attached hydrogens (tertiary/aromatic N) is 3. The van der Waals surface area contributed by atoms with Crippen molar-refractivity contribution in [2.75, 3.05) is 13.7 Å². The number of hydrogen-bond donors (Lipinski definition) is 1. The third-order valence-electron chi connectivity index (χ3n) is 5.80. The van der Waals surface area contributed by atoms with E-state index in [0.29, 0.717) is 11.6 Å². The molecule has 1 aliphatic heterocycles. The summed E-state index contributed by atoms with van der Waals surface area (Å²) in [6.07, 6.45) is 9.14. The zero-order chi connectivity index (χ0) is 18.0. The Kier molecular flexibility index (Phi) is 5.02. The molecule has 4 rings (SSSR count). The van der Waals surface area contributed by atoms with Crippen LogP contribution in [0.4, 0.5) is 0 Å². The molecule has 7 heteroatoms. The van der Waals surface area contributed by atoms with Crippen molar-refractivity contribution >= 4 is 17.2 Å². The van der Waals surface area contributed by atoms with Crippen molar-refractivity contribution < 1.29 is 9.53 Å². The van der Waals surface area contributed by atoms with E-state index in [2.05, 4.69) is 20.2 Å². The van der Waals surface area contributed by atoms with E-state index in [1.54, 1.807) is 35.9 Å². The molecule has 3 heterocycles. The van der Waals surface area contributed by atoms with E-state index in [1.165, 1.54) is 4.88 Å². The Balaban J connectivity index is 1.45. The van der Waals surface area contributed by atoms with Crippen LogP contribution in [-0.2, 0) is 11.3 Å². The highest BCUT2D eigenvalue weighted by Gasteiger charge is 2.51. The molecule has 1 aliphatic carbocycles. The molecule has 1 amide bonds. The van der Waals surface area contributed by atoms with E-state index in [-0.39, 0.29) is 17.6 Å². The summed E-state index contributed by atoms with van der Waals surface area (Å²) in [5.74, 6) is -0.0416. The second-order valence-corrected chi connectivity index (χ2v) is 8.13. The molecule has 0 aromatic carbocycles. The number of hydrogen-bond acceptors (Lipinski definition) is 6. The van der Waals surface area contributed by atoms with Crippen LogP contribution in [0.3, 0.4) is 0 Å². The van der Waals surface area contributed by atoms with E-state index in [4.69, 9.17) is 4.74 Å². The van der Waals surface area contributed by atoms with Gasteiger partial charge in [-0.1, -0.05) is 0 Å².